The molecule has 0 saturated heterocycles. The molecule has 1 aromatic carbocycles. The number of hydrogen-bond acceptors (Lipinski definition) is 5. The van der Waals surface area contributed by atoms with E-state index in [2.05, 4.69) is 20.6 Å². The highest BCUT2D eigenvalue weighted by atomic mass is 35.5. The van der Waals surface area contributed by atoms with E-state index in [1.807, 2.05) is 20.8 Å². The first-order chi connectivity index (χ1) is 11.8. The quantitative estimate of drug-likeness (QED) is 0.726. The number of nitrogens with zero attached hydrogens (tertiary/aromatic N) is 4. The van der Waals surface area contributed by atoms with Gasteiger partial charge in [-0.15, -0.1) is 5.10 Å². The largest absolute Gasteiger partial charge is 0.403 e. The molecule has 2 aromatic heterocycles. The predicted molar refractivity (Wildman–Crippen MR) is 95.1 cm³/mol. The molecule has 0 aliphatic rings. The van der Waals surface area contributed by atoms with E-state index in [1.165, 1.54) is 0 Å². The van der Waals surface area contributed by atoms with Gasteiger partial charge >= 0.3 is 6.01 Å². The van der Waals surface area contributed by atoms with Crippen molar-refractivity contribution in [2.24, 2.45) is 0 Å². The molecule has 0 aliphatic carbocycles. The van der Waals surface area contributed by atoms with Gasteiger partial charge in [0.1, 0.15) is 5.69 Å². The fraction of sp³-hybridized carbons (Fsp3) is 0.250. The zero-order valence-electron chi connectivity index (χ0n) is 13.7. The Morgan fingerprint density at radius 1 is 1.24 bits per heavy atom. The number of nitrogens with one attached hydrogen (secondary N) is 1. The summed E-state index contributed by atoms with van der Waals surface area (Å²) in [4.78, 5) is 12.5. The maximum atomic E-state index is 12.5. The van der Waals surface area contributed by atoms with Crippen LogP contribution in [0, 0.1) is 6.92 Å². The molecule has 25 heavy (non-hydrogen) atoms. The summed E-state index contributed by atoms with van der Waals surface area (Å²) in [6.07, 6.45) is 0. The number of aryl methyl sites for hydroxylation is 1. The Balaban J connectivity index is 1.84. The lowest BCUT2D eigenvalue weighted by molar-refractivity contribution is 0.101. The van der Waals surface area contributed by atoms with E-state index in [0.29, 0.717) is 21.3 Å². The maximum Gasteiger partial charge on any atom is 0.322 e. The van der Waals surface area contributed by atoms with Gasteiger partial charge < -0.3 is 4.42 Å². The third kappa shape index (κ3) is 3.67. The summed E-state index contributed by atoms with van der Waals surface area (Å²) in [6.45, 7) is 5.70. The molecule has 0 aliphatic heterocycles. The highest BCUT2D eigenvalue weighted by Crippen LogP contribution is 2.30. The Labute approximate surface area is 153 Å². The van der Waals surface area contributed by atoms with Gasteiger partial charge in [0.2, 0.25) is 0 Å². The molecule has 0 spiro atoms. The maximum absolute atomic E-state index is 12.5. The third-order valence-corrected chi connectivity index (χ3v) is 3.95. The molecular formula is C16H15Cl2N5O2. The van der Waals surface area contributed by atoms with Crippen LogP contribution in [0.15, 0.2) is 28.7 Å². The zero-order chi connectivity index (χ0) is 18.1. The van der Waals surface area contributed by atoms with Gasteiger partial charge in [0.15, 0.2) is 0 Å². The first-order valence-electron chi connectivity index (χ1n) is 7.51. The molecule has 0 atom stereocenters. The van der Waals surface area contributed by atoms with Crippen LogP contribution in [-0.4, -0.2) is 25.9 Å². The molecule has 0 fully saturated rings. The van der Waals surface area contributed by atoms with E-state index >= 15 is 0 Å². The van der Waals surface area contributed by atoms with Crippen molar-refractivity contribution in [3.63, 3.8) is 0 Å². The molecule has 3 rings (SSSR count). The number of halogens is 2. The van der Waals surface area contributed by atoms with Crippen molar-refractivity contribution >= 4 is 35.1 Å². The van der Waals surface area contributed by atoms with E-state index < -0.39 is 0 Å². The van der Waals surface area contributed by atoms with Gasteiger partial charge in [-0.1, -0.05) is 28.3 Å². The first-order valence-corrected chi connectivity index (χ1v) is 8.27. The number of hydrogen-bond donors (Lipinski definition) is 1. The van der Waals surface area contributed by atoms with Crippen LogP contribution in [0.5, 0.6) is 0 Å². The molecule has 2 heterocycles. The van der Waals surface area contributed by atoms with Crippen LogP contribution in [0.2, 0.25) is 10.0 Å². The molecular weight excluding hydrogens is 365 g/mol. The summed E-state index contributed by atoms with van der Waals surface area (Å²) in [7, 11) is 0. The summed E-state index contributed by atoms with van der Waals surface area (Å²) in [5.74, 6) is -0.224. The fourth-order valence-corrected chi connectivity index (χ4v) is 2.66. The second-order valence-corrected chi connectivity index (χ2v) is 6.54. The van der Waals surface area contributed by atoms with Gasteiger partial charge in [-0.25, -0.2) is 0 Å². The molecule has 7 nitrogen and oxygen atoms in total. The highest BCUT2D eigenvalue weighted by Gasteiger charge is 2.19. The molecule has 3 aromatic rings. The van der Waals surface area contributed by atoms with Gasteiger partial charge in [0, 0.05) is 11.1 Å². The normalized spacial score (nSPS) is 11.1. The van der Waals surface area contributed by atoms with Crippen LogP contribution in [0.3, 0.4) is 0 Å². The molecule has 1 N–H and O–H groups in total. The molecule has 1 amide bonds. The van der Waals surface area contributed by atoms with Crippen molar-refractivity contribution in [3.05, 3.63) is 45.7 Å². The fourth-order valence-electron chi connectivity index (χ4n) is 2.29. The zero-order valence-corrected chi connectivity index (χ0v) is 15.3. The smallest absolute Gasteiger partial charge is 0.322 e. The van der Waals surface area contributed by atoms with Crippen molar-refractivity contribution < 1.29 is 9.21 Å². The van der Waals surface area contributed by atoms with E-state index in [9.17, 15) is 4.79 Å². The Kier molecular flexibility index (Phi) is 4.78. The summed E-state index contributed by atoms with van der Waals surface area (Å²) in [5, 5.41) is 15.5. The summed E-state index contributed by atoms with van der Waals surface area (Å²) in [6, 6.07) is 6.59. The average Bonchev–Trinajstić information content (AvgIpc) is 3.16. The van der Waals surface area contributed by atoms with Crippen LogP contribution in [0.1, 0.15) is 36.1 Å². The van der Waals surface area contributed by atoms with E-state index in [-0.39, 0.29) is 23.9 Å². The van der Waals surface area contributed by atoms with E-state index in [1.54, 1.807) is 28.9 Å². The van der Waals surface area contributed by atoms with Gasteiger partial charge in [0.05, 0.1) is 16.3 Å². The van der Waals surface area contributed by atoms with Gasteiger partial charge in [0.25, 0.3) is 11.8 Å². The lowest BCUT2D eigenvalue weighted by Crippen LogP contribution is -2.19. The van der Waals surface area contributed by atoms with Crippen molar-refractivity contribution in [3.8, 4) is 11.5 Å². The summed E-state index contributed by atoms with van der Waals surface area (Å²) >= 11 is 12.1. The van der Waals surface area contributed by atoms with Gasteiger partial charge in [-0.3, -0.25) is 14.8 Å². The molecule has 0 unspecified atom stereocenters. The summed E-state index contributed by atoms with van der Waals surface area (Å²) in [5.41, 5.74) is 1.65. The molecule has 0 radical (unpaired) electrons. The average molecular weight is 380 g/mol. The number of carbonyl (C=O) groups is 1. The van der Waals surface area contributed by atoms with Gasteiger partial charge in [-0.05, 0) is 45.0 Å². The third-order valence-electron chi connectivity index (χ3n) is 3.38. The SMILES string of the molecule is Cc1cc(C(=O)Nc2nnc(-c3cc(Cl)ccc3Cl)o2)n(C(C)C)n1. The van der Waals surface area contributed by atoms with E-state index in [0.717, 1.165) is 5.69 Å². The van der Waals surface area contributed by atoms with Crippen LogP contribution in [-0.2, 0) is 0 Å². The number of rotatable bonds is 4. The van der Waals surface area contributed by atoms with Gasteiger partial charge in [-0.2, -0.15) is 5.10 Å². The first kappa shape index (κ1) is 17.4. The van der Waals surface area contributed by atoms with Crippen molar-refractivity contribution in [1.82, 2.24) is 20.0 Å². The van der Waals surface area contributed by atoms with Crippen molar-refractivity contribution in [2.75, 3.05) is 5.32 Å². The van der Waals surface area contributed by atoms with Crippen LogP contribution in [0.4, 0.5) is 6.01 Å². The van der Waals surface area contributed by atoms with Crippen LogP contribution < -0.4 is 5.32 Å². The molecule has 9 heteroatoms. The van der Waals surface area contributed by atoms with Crippen molar-refractivity contribution in [1.29, 1.82) is 0 Å². The minimum atomic E-state index is -0.387. The molecule has 0 saturated carbocycles. The number of amides is 1. The van der Waals surface area contributed by atoms with Crippen molar-refractivity contribution in [2.45, 2.75) is 26.8 Å². The Hall–Kier alpha value is -2.38. The predicted octanol–water partition coefficient (Wildman–Crippen LogP) is 4.38. The Morgan fingerprint density at radius 3 is 2.72 bits per heavy atom. The lowest BCUT2D eigenvalue weighted by Gasteiger charge is -2.09. The standard InChI is InChI=1S/C16H15Cl2N5O2/c1-8(2)23-13(6-9(3)22-23)14(24)19-16-21-20-15(25-16)11-7-10(17)4-5-12(11)18/h4-8H,1-3H3,(H,19,21,24). The van der Waals surface area contributed by atoms with Crippen LogP contribution >= 0.6 is 23.2 Å². The number of aromatic nitrogens is 4. The second-order valence-electron chi connectivity index (χ2n) is 5.70. The number of anilines is 1. The molecule has 130 valence electrons. The lowest BCUT2D eigenvalue weighted by atomic mass is 10.2. The highest BCUT2D eigenvalue weighted by molar-refractivity contribution is 6.35. The Morgan fingerprint density at radius 2 is 2.00 bits per heavy atom. The number of benzene rings is 1. The monoisotopic (exact) mass is 379 g/mol. The minimum Gasteiger partial charge on any atom is -0.403 e. The van der Waals surface area contributed by atoms with Crippen LogP contribution in [0.25, 0.3) is 11.5 Å². The summed E-state index contributed by atoms with van der Waals surface area (Å²) < 4.78 is 7.11. The Bertz CT molecular complexity index is 933. The topological polar surface area (TPSA) is 85.8 Å². The number of carbonyl (C=O) groups excluding carboxylic acids is 1. The van der Waals surface area contributed by atoms with E-state index in [4.69, 9.17) is 27.6 Å². The molecule has 0 bridgehead atoms. The second kappa shape index (κ2) is 6.85. The minimum absolute atomic E-state index is 0.0369.